The highest BCUT2D eigenvalue weighted by Gasteiger charge is 2.43. The minimum Gasteiger partial charge on any atom is -0.463 e. The molecule has 1 aliphatic heterocycles. The minimum absolute atomic E-state index is 0.0260. The molecule has 1 aliphatic rings. The molecule has 0 spiro atoms. The zero-order chi connectivity index (χ0) is 16.7. The van der Waals surface area contributed by atoms with Crippen LogP contribution in [0.15, 0.2) is 5.11 Å². The van der Waals surface area contributed by atoms with Crippen molar-refractivity contribution in [2.24, 2.45) is 5.11 Å². The Morgan fingerprint density at radius 3 is 2.32 bits per heavy atom. The van der Waals surface area contributed by atoms with Gasteiger partial charge in [-0.2, -0.15) is 0 Å². The number of ether oxygens (including phenoxy) is 4. The second-order valence-corrected chi connectivity index (χ2v) is 4.59. The molecule has 1 rings (SSSR count). The number of carbonyl (C=O) groups excluding carboxylic acids is 3. The molecule has 0 saturated carbocycles. The number of hydrogen-bond acceptors (Lipinski definition) is 8. The van der Waals surface area contributed by atoms with E-state index >= 15 is 0 Å². The van der Waals surface area contributed by atoms with Crippen molar-refractivity contribution in [3.63, 3.8) is 0 Å². The molecular formula is C12H17N3O7. The SMILES string of the molecule is CC(=O)OC[C@H]1O[C@H](N=[N+]=[N-])C[C@H](OC(C)=O)[C@@H]1OC(C)=O. The summed E-state index contributed by atoms with van der Waals surface area (Å²) < 4.78 is 20.5. The van der Waals surface area contributed by atoms with Crippen LogP contribution in [0.25, 0.3) is 10.4 Å². The Morgan fingerprint density at radius 1 is 1.18 bits per heavy atom. The number of azide groups is 1. The molecule has 0 aromatic rings. The smallest absolute Gasteiger partial charge is 0.303 e. The molecule has 0 aromatic carbocycles. The van der Waals surface area contributed by atoms with Crippen LogP contribution in [0.2, 0.25) is 0 Å². The van der Waals surface area contributed by atoms with Crippen molar-refractivity contribution in [1.82, 2.24) is 0 Å². The lowest BCUT2D eigenvalue weighted by atomic mass is 10.0. The van der Waals surface area contributed by atoms with Crippen molar-refractivity contribution in [2.75, 3.05) is 6.61 Å². The number of esters is 3. The molecule has 1 heterocycles. The molecule has 10 heteroatoms. The van der Waals surface area contributed by atoms with E-state index in [1.54, 1.807) is 0 Å². The Balaban J connectivity index is 2.96. The normalized spacial score (nSPS) is 27.2. The van der Waals surface area contributed by atoms with E-state index in [4.69, 9.17) is 24.5 Å². The van der Waals surface area contributed by atoms with E-state index in [2.05, 4.69) is 10.0 Å². The average Bonchev–Trinajstić information content (AvgIpc) is 2.38. The summed E-state index contributed by atoms with van der Waals surface area (Å²) in [6.45, 7) is 3.36. The first kappa shape index (κ1) is 17.7. The van der Waals surface area contributed by atoms with Gasteiger partial charge in [0.05, 0.1) is 0 Å². The molecule has 1 fully saturated rings. The van der Waals surface area contributed by atoms with Crippen LogP contribution >= 0.6 is 0 Å². The van der Waals surface area contributed by atoms with Crippen molar-refractivity contribution in [3.8, 4) is 0 Å². The topological polar surface area (TPSA) is 137 Å². The van der Waals surface area contributed by atoms with Crippen molar-refractivity contribution >= 4 is 17.9 Å². The van der Waals surface area contributed by atoms with E-state index < -0.39 is 42.4 Å². The fourth-order valence-electron chi connectivity index (χ4n) is 2.04. The first-order valence-electron chi connectivity index (χ1n) is 6.51. The number of hydrogen-bond donors (Lipinski definition) is 0. The van der Waals surface area contributed by atoms with Gasteiger partial charge >= 0.3 is 17.9 Å². The van der Waals surface area contributed by atoms with E-state index in [0.29, 0.717) is 0 Å². The van der Waals surface area contributed by atoms with Crippen LogP contribution < -0.4 is 0 Å². The van der Waals surface area contributed by atoms with E-state index in [9.17, 15) is 14.4 Å². The van der Waals surface area contributed by atoms with Crippen molar-refractivity contribution in [3.05, 3.63) is 10.4 Å². The van der Waals surface area contributed by atoms with E-state index in [-0.39, 0.29) is 13.0 Å². The second kappa shape index (κ2) is 8.20. The third-order valence-corrected chi connectivity index (χ3v) is 2.75. The third-order valence-electron chi connectivity index (χ3n) is 2.75. The fourth-order valence-corrected chi connectivity index (χ4v) is 2.04. The van der Waals surface area contributed by atoms with E-state index in [1.165, 1.54) is 20.8 Å². The molecule has 122 valence electrons. The number of rotatable bonds is 5. The molecule has 0 aliphatic carbocycles. The lowest BCUT2D eigenvalue weighted by Crippen LogP contribution is -2.53. The summed E-state index contributed by atoms with van der Waals surface area (Å²) >= 11 is 0. The number of carbonyl (C=O) groups is 3. The maximum atomic E-state index is 11.2. The summed E-state index contributed by atoms with van der Waals surface area (Å²) in [4.78, 5) is 36.0. The molecule has 0 N–H and O–H groups in total. The van der Waals surface area contributed by atoms with Crippen molar-refractivity contribution in [2.45, 2.75) is 51.7 Å². The highest BCUT2D eigenvalue weighted by atomic mass is 16.6. The van der Waals surface area contributed by atoms with Gasteiger partial charge in [0.1, 0.15) is 25.0 Å². The molecule has 10 nitrogen and oxygen atoms in total. The third kappa shape index (κ3) is 5.58. The average molecular weight is 315 g/mol. The first-order chi connectivity index (χ1) is 10.3. The van der Waals surface area contributed by atoms with Gasteiger partial charge in [-0.3, -0.25) is 14.4 Å². The van der Waals surface area contributed by atoms with Crippen molar-refractivity contribution < 1.29 is 33.3 Å². The highest BCUT2D eigenvalue weighted by molar-refractivity contribution is 5.67. The van der Waals surface area contributed by atoms with Crippen LogP contribution in [0.5, 0.6) is 0 Å². The largest absolute Gasteiger partial charge is 0.463 e. The van der Waals surface area contributed by atoms with Crippen LogP contribution in [0.3, 0.4) is 0 Å². The van der Waals surface area contributed by atoms with E-state index in [0.717, 1.165) is 0 Å². The molecule has 0 bridgehead atoms. The summed E-state index contributed by atoms with van der Waals surface area (Å²) in [7, 11) is 0. The van der Waals surface area contributed by atoms with Crippen molar-refractivity contribution in [1.29, 1.82) is 0 Å². The molecule has 0 amide bonds. The molecule has 1 saturated heterocycles. The molecule has 0 radical (unpaired) electrons. The predicted molar refractivity (Wildman–Crippen MR) is 70.2 cm³/mol. The van der Waals surface area contributed by atoms with Gasteiger partial charge in [-0.05, 0) is 5.53 Å². The number of nitrogens with zero attached hydrogens (tertiary/aromatic N) is 3. The lowest BCUT2D eigenvalue weighted by Gasteiger charge is -2.38. The first-order valence-corrected chi connectivity index (χ1v) is 6.51. The summed E-state index contributed by atoms with van der Waals surface area (Å²) in [6.07, 6.45) is -3.65. The molecule has 0 unspecified atom stereocenters. The van der Waals surface area contributed by atoms with Crippen LogP contribution in [0, 0.1) is 0 Å². The zero-order valence-corrected chi connectivity index (χ0v) is 12.4. The Hall–Kier alpha value is -2.32. The molecule has 0 aromatic heterocycles. The molecule has 4 atom stereocenters. The van der Waals surface area contributed by atoms with E-state index in [1.807, 2.05) is 0 Å². The summed E-state index contributed by atoms with van der Waals surface area (Å²) in [5.41, 5.74) is 8.50. The molecule has 22 heavy (non-hydrogen) atoms. The van der Waals surface area contributed by atoms with Gasteiger partial charge in [-0.1, -0.05) is 5.11 Å². The second-order valence-electron chi connectivity index (χ2n) is 4.59. The maximum Gasteiger partial charge on any atom is 0.303 e. The van der Waals surface area contributed by atoms with Crippen LogP contribution in [0.1, 0.15) is 27.2 Å². The minimum atomic E-state index is -0.967. The molecular weight excluding hydrogens is 298 g/mol. The van der Waals surface area contributed by atoms with Gasteiger partial charge in [0, 0.05) is 32.1 Å². The Labute approximate surface area is 126 Å². The fraction of sp³-hybridized carbons (Fsp3) is 0.750. The van der Waals surface area contributed by atoms with Crippen LogP contribution in [-0.4, -0.2) is 49.1 Å². The monoisotopic (exact) mass is 315 g/mol. The highest BCUT2D eigenvalue weighted by Crippen LogP contribution is 2.27. The Kier molecular flexibility index (Phi) is 6.61. The van der Waals surface area contributed by atoms with Gasteiger partial charge in [-0.25, -0.2) is 0 Å². The quantitative estimate of drug-likeness (QED) is 0.241. The lowest BCUT2D eigenvalue weighted by molar-refractivity contribution is -0.214. The van der Waals surface area contributed by atoms with Gasteiger partial charge in [0.25, 0.3) is 0 Å². The Bertz CT molecular complexity index is 489. The maximum absolute atomic E-state index is 11.2. The van der Waals surface area contributed by atoms with Gasteiger partial charge < -0.3 is 18.9 Å². The van der Waals surface area contributed by atoms with Gasteiger partial charge in [0.15, 0.2) is 6.10 Å². The van der Waals surface area contributed by atoms with Crippen LogP contribution in [-0.2, 0) is 33.3 Å². The van der Waals surface area contributed by atoms with Crippen LogP contribution in [0.4, 0.5) is 0 Å². The van der Waals surface area contributed by atoms with Gasteiger partial charge in [-0.15, -0.1) is 0 Å². The predicted octanol–water partition coefficient (Wildman–Crippen LogP) is 0.838. The summed E-state index contributed by atoms with van der Waals surface area (Å²) in [6, 6.07) is 0. The Morgan fingerprint density at radius 2 is 1.82 bits per heavy atom. The standard InChI is InChI=1S/C12H17N3O7/c1-6(16)19-5-10-12(21-8(3)18)9(20-7(2)17)4-11(22-10)14-15-13/h9-12H,4-5H2,1-3H3/t9-,10+,11-,12-/m0/s1. The summed E-state index contributed by atoms with van der Waals surface area (Å²) in [5, 5.41) is 3.42. The zero-order valence-electron chi connectivity index (χ0n) is 12.4. The van der Waals surface area contributed by atoms with Gasteiger partial charge in [0.2, 0.25) is 0 Å². The summed E-state index contributed by atoms with van der Waals surface area (Å²) in [5.74, 6) is -1.75.